The minimum atomic E-state index is 0.177. The molecule has 0 unspecified atom stereocenters. The summed E-state index contributed by atoms with van der Waals surface area (Å²) in [6, 6.07) is 3.98. The molecule has 132 valence electrons. The van der Waals surface area contributed by atoms with Crippen molar-refractivity contribution in [3.63, 3.8) is 0 Å². The third kappa shape index (κ3) is 3.51. The average Bonchev–Trinajstić information content (AvgIpc) is 3.41. The Bertz CT molecular complexity index is 769. The molecule has 1 aliphatic heterocycles. The van der Waals surface area contributed by atoms with Crippen LogP contribution in [0.2, 0.25) is 0 Å². The summed E-state index contributed by atoms with van der Waals surface area (Å²) in [4.78, 5) is 23.0. The van der Waals surface area contributed by atoms with Crippen LogP contribution in [0, 0.1) is 5.92 Å². The SMILES string of the molecule is COc1ncccc1CN1CCn2c(CNC(=O)C3CC3)cnc2C1. The van der Waals surface area contributed by atoms with Crippen molar-refractivity contribution in [2.45, 2.75) is 39.0 Å². The molecule has 0 saturated heterocycles. The number of methoxy groups -OCH3 is 1. The van der Waals surface area contributed by atoms with Gasteiger partial charge in [-0.15, -0.1) is 0 Å². The summed E-state index contributed by atoms with van der Waals surface area (Å²) in [5.41, 5.74) is 2.17. The van der Waals surface area contributed by atoms with Crippen molar-refractivity contribution in [2.75, 3.05) is 13.7 Å². The van der Waals surface area contributed by atoms with E-state index in [-0.39, 0.29) is 11.8 Å². The summed E-state index contributed by atoms with van der Waals surface area (Å²) in [5, 5.41) is 3.03. The van der Waals surface area contributed by atoms with Crippen molar-refractivity contribution in [3.05, 3.63) is 41.6 Å². The summed E-state index contributed by atoms with van der Waals surface area (Å²) in [7, 11) is 1.65. The highest BCUT2D eigenvalue weighted by Gasteiger charge is 2.29. The Morgan fingerprint density at radius 2 is 2.24 bits per heavy atom. The molecule has 7 nitrogen and oxygen atoms in total. The van der Waals surface area contributed by atoms with E-state index in [2.05, 4.69) is 24.8 Å². The first-order valence-electron chi connectivity index (χ1n) is 8.76. The van der Waals surface area contributed by atoms with E-state index in [0.29, 0.717) is 12.4 Å². The number of amides is 1. The Balaban J connectivity index is 1.39. The van der Waals surface area contributed by atoms with E-state index in [1.165, 1.54) is 0 Å². The second-order valence-electron chi connectivity index (χ2n) is 6.69. The number of carbonyl (C=O) groups excluding carboxylic acids is 1. The lowest BCUT2D eigenvalue weighted by Gasteiger charge is -2.28. The highest BCUT2D eigenvalue weighted by Crippen LogP contribution is 2.29. The van der Waals surface area contributed by atoms with Gasteiger partial charge in [0.25, 0.3) is 0 Å². The van der Waals surface area contributed by atoms with Crippen LogP contribution in [0.1, 0.15) is 29.9 Å². The van der Waals surface area contributed by atoms with E-state index < -0.39 is 0 Å². The Morgan fingerprint density at radius 1 is 1.36 bits per heavy atom. The molecular weight excluding hydrogens is 318 g/mol. The van der Waals surface area contributed by atoms with Gasteiger partial charge in [-0.3, -0.25) is 9.69 Å². The molecule has 0 aromatic carbocycles. The standard InChI is InChI=1S/C18H23N5O2/c1-25-18-14(3-2-6-19-18)11-22-7-8-23-15(9-20-16(23)12-22)10-21-17(24)13-4-5-13/h2-3,6,9,13H,4-5,7-8,10-12H2,1H3,(H,21,24). The van der Waals surface area contributed by atoms with E-state index in [0.717, 1.165) is 56.1 Å². The average molecular weight is 341 g/mol. The van der Waals surface area contributed by atoms with E-state index >= 15 is 0 Å². The number of fused-ring (bicyclic) bond motifs is 1. The fourth-order valence-electron chi connectivity index (χ4n) is 3.29. The van der Waals surface area contributed by atoms with Crippen LogP contribution in [0.15, 0.2) is 24.5 Å². The van der Waals surface area contributed by atoms with Crippen LogP contribution in [0.5, 0.6) is 5.88 Å². The number of rotatable bonds is 6. The van der Waals surface area contributed by atoms with Gasteiger partial charge in [0, 0.05) is 37.3 Å². The zero-order valence-corrected chi connectivity index (χ0v) is 14.4. The zero-order valence-electron chi connectivity index (χ0n) is 14.4. The van der Waals surface area contributed by atoms with Crippen LogP contribution < -0.4 is 10.1 Å². The first-order chi connectivity index (χ1) is 12.2. The van der Waals surface area contributed by atoms with Gasteiger partial charge < -0.3 is 14.6 Å². The van der Waals surface area contributed by atoms with Crippen molar-refractivity contribution in [1.29, 1.82) is 0 Å². The topological polar surface area (TPSA) is 72.3 Å². The number of ether oxygens (including phenoxy) is 1. The minimum absolute atomic E-state index is 0.177. The number of hydrogen-bond acceptors (Lipinski definition) is 5. The molecule has 3 heterocycles. The number of carbonyl (C=O) groups is 1. The minimum Gasteiger partial charge on any atom is -0.481 e. The maximum Gasteiger partial charge on any atom is 0.223 e. The number of imidazole rings is 1. The van der Waals surface area contributed by atoms with E-state index in [1.807, 2.05) is 18.3 Å². The summed E-state index contributed by atoms with van der Waals surface area (Å²) in [6.07, 6.45) is 5.69. The van der Waals surface area contributed by atoms with Gasteiger partial charge in [-0.25, -0.2) is 9.97 Å². The molecule has 1 fully saturated rings. The maximum atomic E-state index is 11.8. The van der Waals surface area contributed by atoms with E-state index in [1.54, 1.807) is 13.3 Å². The van der Waals surface area contributed by atoms with Crippen LogP contribution in [0.3, 0.4) is 0 Å². The number of nitrogens with one attached hydrogen (secondary N) is 1. The van der Waals surface area contributed by atoms with Crippen molar-refractivity contribution in [1.82, 2.24) is 24.8 Å². The fourth-order valence-corrected chi connectivity index (χ4v) is 3.29. The first kappa shape index (κ1) is 16.1. The molecule has 1 aliphatic carbocycles. The lowest BCUT2D eigenvalue weighted by atomic mass is 10.2. The van der Waals surface area contributed by atoms with Crippen LogP contribution in [-0.4, -0.2) is 39.0 Å². The Labute approximate surface area is 147 Å². The molecule has 0 bridgehead atoms. The highest BCUT2D eigenvalue weighted by molar-refractivity contribution is 5.80. The summed E-state index contributed by atoms with van der Waals surface area (Å²) >= 11 is 0. The predicted molar refractivity (Wildman–Crippen MR) is 91.7 cm³/mol. The molecule has 1 amide bonds. The molecular formula is C18H23N5O2. The maximum absolute atomic E-state index is 11.8. The molecule has 0 radical (unpaired) electrons. The lowest BCUT2D eigenvalue weighted by Crippen LogP contribution is -2.35. The van der Waals surface area contributed by atoms with Gasteiger partial charge in [0.1, 0.15) is 5.82 Å². The normalized spacial score (nSPS) is 17.2. The van der Waals surface area contributed by atoms with Crippen molar-refractivity contribution in [2.24, 2.45) is 5.92 Å². The molecule has 1 N–H and O–H groups in total. The zero-order chi connectivity index (χ0) is 17.2. The number of pyridine rings is 1. The number of hydrogen-bond donors (Lipinski definition) is 1. The van der Waals surface area contributed by atoms with Gasteiger partial charge in [0.15, 0.2) is 0 Å². The largest absolute Gasteiger partial charge is 0.481 e. The van der Waals surface area contributed by atoms with Crippen LogP contribution in [-0.2, 0) is 31.0 Å². The fraction of sp³-hybridized carbons (Fsp3) is 0.500. The van der Waals surface area contributed by atoms with Gasteiger partial charge in [0.2, 0.25) is 11.8 Å². The lowest BCUT2D eigenvalue weighted by molar-refractivity contribution is -0.122. The van der Waals surface area contributed by atoms with E-state index in [9.17, 15) is 4.79 Å². The van der Waals surface area contributed by atoms with Crippen LogP contribution >= 0.6 is 0 Å². The van der Waals surface area contributed by atoms with E-state index in [4.69, 9.17) is 4.74 Å². The Hall–Kier alpha value is -2.41. The predicted octanol–water partition coefficient (Wildman–Crippen LogP) is 1.33. The first-order valence-corrected chi connectivity index (χ1v) is 8.76. The van der Waals surface area contributed by atoms with Gasteiger partial charge in [-0.05, 0) is 18.9 Å². The summed E-state index contributed by atoms with van der Waals surface area (Å²) in [5.74, 6) is 2.15. The molecule has 1 saturated carbocycles. The molecule has 7 heteroatoms. The molecule has 2 aromatic rings. The van der Waals surface area contributed by atoms with Crippen LogP contribution in [0.4, 0.5) is 0 Å². The molecule has 25 heavy (non-hydrogen) atoms. The van der Waals surface area contributed by atoms with Gasteiger partial charge in [-0.2, -0.15) is 0 Å². The second-order valence-corrected chi connectivity index (χ2v) is 6.69. The van der Waals surface area contributed by atoms with Gasteiger partial charge >= 0.3 is 0 Å². The number of nitrogens with zero attached hydrogens (tertiary/aromatic N) is 4. The summed E-state index contributed by atoms with van der Waals surface area (Å²) in [6.45, 7) is 3.96. The molecule has 2 aliphatic rings. The van der Waals surface area contributed by atoms with Gasteiger partial charge in [-0.1, -0.05) is 6.07 Å². The van der Waals surface area contributed by atoms with Crippen molar-refractivity contribution in [3.8, 4) is 5.88 Å². The molecule has 2 aromatic heterocycles. The number of aromatic nitrogens is 3. The van der Waals surface area contributed by atoms with Crippen molar-refractivity contribution < 1.29 is 9.53 Å². The smallest absolute Gasteiger partial charge is 0.223 e. The van der Waals surface area contributed by atoms with Crippen LogP contribution in [0.25, 0.3) is 0 Å². The quantitative estimate of drug-likeness (QED) is 0.858. The van der Waals surface area contributed by atoms with Gasteiger partial charge in [0.05, 0.1) is 32.1 Å². The third-order valence-corrected chi connectivity index (χ3v) is 4.85. The molecule has 0 spiro atoms. The third-order valence-electron chi connectivity index (χ3n) is 4.85. The summed E-state index contributed by atoms with van der Waals surface area (Å²) < 4.78 is 7.57. The Morgan fingerprint density at radius 3 is 3.04 bits per heavy atom. The Kier molecular flexibility index (Phi) is 4.40. The molecule has 4 rings (SSSR count). The second kappa shape index (κ2) is 6.84. The monoisotopic (exact) mass is 341 g/mol. The molecule has 0 atom stereocenters. The highest BCUT2D eigenvalue weighted by atomic mass is 16.5. The van der Waals surface area contributed by atoms with Crippen molar-refractivity contribution >= 4 is 5.91 Å².